The van der Waals surface area contributed by atoms with Crippen LogP contribution in [0.5, 0.6) is 0 Å². The van der Waals surface area contributed by atoms with Crippen molar-refractivity contribution in [2.75, 3.05) is 6.54 Å². The van der Waals surface area contributed by atoms with Crippen LogP contribution in [0.4, 0.5) is 0 Å². The van der Waals surface area contributed by atoms with Gasteiger partial charge in [-0.25, -0.2) is 0 Å². The van der Waals surface area contributed by atoms with Gasteiger partial charge in [0, 0.05) is 18.1 Å². The second-order valence-corrected chi connectivity index (χ2v) is 5.04. The maximum Gasteiger partial charge on any atom is 0.0885 e. The molecule has 1 unspecified atom stereocenters. The fourth-order valence-corrected chi connectivity index (χ4v) is 1.47. The second kappa shape index (κ2) is 6.59. The molecular weight excluding hydrogens is 198 g/mol. The van der Waals surface area contributed by atoms with E-state index >= 15 is 0 Å². The van der Waals surface area contributed by atoms with Crippen molar-refractivity contribution in [1.29, 1.82) is 0 Å². The maximum atomic E-state index is 5.42. The van der Waals surface area contributed by atoms with E-state index in [2.05, 4.69) is 51.5 Å². The van der Waals surface area contributed by atoms with Gasteiger partial charge in [-0.3, -0.25) is 0 Å². The van der Waals surface area contributed by atoms with Gasteiger partial charge in [-0.1, -0.05) is 18.7 Å². The van der Waals surface area contributed by atoms with Crippen LogP contribution >= 0.6 is 0 Å². The van der Waals surface area contributed by atoms with Crippen molar-refractivity contribution in [2.45, 2.75) is 52.1 Å². The summed E-state index contributed by atoms with van der Waals surface area (Å²) in [6.07, 6.45) is 2.19. The van der Waals surface area contributed by atoms with Crippen molar-refractivity contribution >= 4 is 0 Å². The summed E-state index contributed by atoms with van der Waals surface area (Å²) < 4.78 is 0. The lowest BCUT2D eigenvalue weighted by molar-refractivity contribution is 0.373. The van der Waals surface area contributed by atoms with Crippen molar-refractivity contribution in [1.82, 2.24) is 10.6 Å². The normalized spacial score (nSPS) is 13.2. The molecule has 0 aromatic rings. The van der Waals surface area contributed by atoms with Crippen molar-refractivity contribution < 1.29 is 0 Å². The van der Waals surface area contributed by atoms with Crippen LogP contribution < -0.4 is 16.4 Å². The number of hydrogen-bond donors (Lipinski definition) is 3. The molecule has 0 aliphatic rings. The van der Waals surface area contributed by atoms with E-state index in [1.54, 1.807) is 0 Å². The summed E-state index contributed by atoms with van der Waals surface area (Å²) in [7, 11) is 0. The minimum Gasteiger partial charge on any atom is -0.386 e. The summed E-state index contributed by atoms with van der Waals surface area (Å²) in [5.74, 6) is 0.544. The highest BCUT2D eigenvalue weighted by atomic mass is 15.0. The van der Waals surface area contributed by atoms with E-state index in [4.69, 9.17) is 5.73 Å². The second-order valence-electron chi connectivity index (χ2n) is 5.04. The molecule has 1 atom stereocenters. The SMILES string of the molecule is C=C(N)NCCCC(C)NC(C)(C)C(=C)C. The van der Waals surface area contributed by atoms with Crippen LogP contribution in [-0.2, 0) is 0 Å². The first-order valence-electron chi connectivity index (χ1n) is 5.87. The molecule has 0 aliphatic heterocycles. The lowest BCUT2D eigenvalue weighted by atomic mass is 9.95. The van der Waals surface area contributed by atoms with E-state index < -0.39 is 0 Å². The first kappa shape index (κ1) is 15.0. The summed E-state index contributed by atoms with van der Waals surface area (Å²) in [4.78, 5) is 0. The van der Waals surface area contributed by atoms with Crippen LogP contribution in [0.1, 0.15) is 40.5 Å². The molecule has 4 N–H and O–H groups in total. The number of rotatable bonds is 8. The Morgan fingerprint density at radius 3 is 2.38 bits per heavy atom. The molecule has 0 rings (SSSR count). The fourth-order valence-electron chi connectivity index (χ4n) is 1.47. The lowest BCUT2D eigenvalue weighted by Crippen LogP contribution is -2.45. The Morgan fingerprint density at radius 2 is 1.94 bits per heavy atom. The highest BCUT2D eigenvalue weighted by Crippen LogP contribution is 2.14. The molecule has 16 heavy (non-hydrogen) atoms. The Morgan fingerprint density at radius 1 is 1.38 bits per heavy atom. The van der Waals surface area contributed by atoms with Crippen LogP contribution in [-0.4, -0.2) is 18.1 Å². The predicted molar refractivity (Wildman–Crippen MR) is 72.1 cm³/mol. The number of nitrogens with two attached hydrogens (primary N) is 1. The average Bonchev–Trinajstić information content (AvgIpc) is 2.11. The standard InChI is InChI=1S/C13H27N3/c1-10(2)13(5,6)16-11(3)8-7-9-15-12(4)14/h11,15-16H,1,4,7-9,14H2,2-3,5-6H3. The maximum absolute atomic E-state index is 5.42. The fraction of sp³-hybridized carbons (Fsp3) is 0.692. The first-order valence-corrected chi connectivity index (χ1v) is 5.87. The van der Waals surface area contributed by atoms with Gasteiger partial charge < -0.3 is 16.4 Å². The summed E-state index contributed by atoms with van der Waals surface area (Å²) >= 11 is 0. The van der Waals surface area contributed by atoms with Gasteiger partial charge in [0.05, 0.1) is 5.82 Å². The lowest BCUT2D eigenvalue weighted by Gasteiger charge is -2.31. The summed E-state index contributed by atoms with van der Waals surface area (Å²) in [5.41, 5.74) is 6.58. The highest BCUT2D eigenvalue weighted by molar-refractivity contribution is 5.10. The molecule has 0 aliphatic carbocycles. The molecule has 0 aromatic carbocycles. The number of hydrogen-bond acceptors (Lipinski definition) is 3. The monoisotopic (exact) mass is 225 g/mol. The first-order chi connectivity index (χ1) is 7.25. The van der Waals surface area contributed by atoms with Crippen molar-refractivity contribution in [3.63, 3.8) is 0 Å². The van der Waals surface area contributed by atoms with E-state index in [1.807, 2.05) is 0 Å². The van der Waals surface area contributed by atoms with E-state index in [0.717, 1.165) is 25.0 Å². The Balaban J connectivity index is 3.78. The molecular formula is C13H27N3. The molecule has 0 heterocycles. The molecule has 94 valence electrons. The minimum atomic E-state index is 0.00428. The molecule has 3 heteroatoms. The van der Waals surface area contributed by atoms with E-state index in [0.29, 0.717) is 11.9 Å². The quantitative estimate of drug-likeness (QED) is 0.438. The molecule has 0 bridgehead atoms. The Kier molecular flexibility index (Phi) is 6.19. The molecule has 0 amide bonds. The zero-order chi connectivity index (χ0) is 12.8. The minimum absolute atomic E-state index is 0.00428. The molecule has 0 fully saturated rings. The molecule has 3 nitrogen and oxygen atoms in total. The summed E-state index contributed by atoms with van der Waals surface area (Å²) in [5, 5.41) is 6.59. The molecule has 0 saturated heterocycles. The van der Waals surface area contributed by atoms with Crippen molar-refractivity contribution in [2.24, 2.45) is 5.73 Å². The molecule has 0 aromatic heterocycles. The van der Waals surface area contributed by atoms with E-state index in [1.165, 1.54) is 0 Å². The third-order valence-electron chi connectivity index (χ3n) is 2.84. The third-order valence-corrected chi connectivity index (χ3v) is 2.84. The topological polar surface area (TPSA) is 50.1 Å². The summed E-state index contributed by atoms with van der Waals surface area (Å²) in [6, 6.07) is 0.472. The van der Waals surface area contributed by atoms with Crippen LogP contribution in [0.3, 0.4) is 0 Å². The van der Waals surface area contributed by atoms with Gasteiger partial charge in [-0.2, -0.15) is 0 Å². The third kappa shape index (κ3) is 6.51. The van der Waals surface area contributed by atoms with Crippen molar-refractivity contribution in [3.8, 4) is 0 Å². The van der Waals surface area contributed by atoms with Crippen LogP contribution in [0.15, 0.2) is 24.6 Å². The predicted octanol–water partition coefficient (Wildman–Crippen LogP) is 2.12. The largest absolute Gasteiger partial charge is 0.386 e. The van der Waals surface area contributed by atoms with Gasteiger partial charge in [0.15, 0.2) is 0 Å². The highest BCUT2D eigenvalue weighted by Gasteiger charge is 2.19. The van der Waals surface area contributed by atoms with E-state index in [-0.39, 0.29) is 5.54 Å². The van der Waals surface area contributed by atoms with Gasteiger partial charge in [-0.05, 0) is 40.5 Å². The van der Waals surface area contributed by atoms with Gasteiger partial charge in [0.1, 0.15) is 0 Å². The average molecular weight is 225 g/mol. The van der Waals surface area contributed by atoms with Gasteiger partial charge in [0.2, 0.25) is 0 Å². The van der Waals surface area contributed by atoms with E-state index in [9.17, 15) is 0 Å². The van der Waals surface area contributed by atoms with Gasteiger partial charge in [-0.15, -0.1) is 0 Å². The zero-order valence-electron chi connectivity index (χ0n) is 11.2. The Hall–Kier alpha value is -0.960. The Bertz CT molecular complexity index is 244. The number of nitrogens with one attached hydrogen (secondary N) is 2. The van der Waals surface area contributed by atoms with Gasteiger partial charge >= 0.3 is 0 Å². The van der Waals surface area contributed by atoms with Crippen LogP contribution in [0, 0.1) is 0 Å². The van der Waals surface area contributed by atoms with Crippen LogP contribution in [0.25, 0.3) is 0 Å². The smallest absolute Gasteiger partial charge is 0.0885 e. The zero-order valence-corrected chi connectivity index (χ0v) is 11.2. The summed E-state index contributed by atoms with van der Waals surface area (Å²) in [6.45, 7) is 17.0. The van der Waals surface area contributed by atoms with Crippen LogP contribution in [0.2, 0.25) is 0 Å². The van der Waals surface area contributed by atoms with Gasteiger partial charge in [0.25, 0.3) is 0 Å². The molecule has 0 spiro atoms. The Labute approximate surface area is 100 Å². The van der Waals surface area contributed by atoms with Crippen molar-refractivity contribution in [3.05, 3.63) is 24.6 Å². The molecule has 0 radical (unpaired) electrons. The molecule has 0 saturated carbocycles.